The zero-order chi connectivity index (χ0) is 9.72. The molecule has 0 aromatic carbocycles. The van der Waals surface area contributed by atoms with Gasteiger partial charge in [-0.15, -0.1) is 0 Å². The summed E-state index contributed by atoms with van der Waals surface area (Å²) >= 11 is 2.95. The monoisotopic (exact) mass is 242 g/mol. The molecule has 0 amide bonds. The highest BCUT2D eigenvalue weighted by Gasteiger charge is 2.28. The lowest BCUT2D eigenvalue weighted by Crippen LogP contribution is -2.44. The predicted octanol–water partition coefficient (Wildman–Crippen LogP) is -0.765. The van der Waals surface area contributed by atoms with E-state index < -0.39 is 24.4 Å². The Hall–Kier alpha value is 0.320. The van der Waals surface area contributed by atoms with Crippen LogP contribution in [0.1, 0.15) is 13.3 Å². The summed E-state index contributed by atoms with van der Waals surface area (Å²) in [5, 5.41) is 36.8. The SMILES string of the molecule is CC[C@@H](O)[C@H](O)[C@H](O)[C@@H](O)CBr. The van der Waals surface area contributed by atoms with Crippen molar-refractivity contribution in [3.05, 3.63) is 0 Å². The molecule has 0 aliphatic heterocycles. The van der Waals surface area contributed by atoms with Crippen LogP contribution in [0.2, 0.25) is 0 Å². The van der Waals surface area contributed by atoms with Gasteiger partial charge in [-0.05, 0) is 6.42 Å². The summed E-state index contributed by atoms with van der Waals surface area (Å²) in [7, 11) is 0. The molecule has 74 valence electrons. The van der Waals surface area contributed by atoms with Crippen LogP contribution in [0.25, 0.3) is 0 Å². The predicted molar refractivity (Wildman–Crippen MR) is 48.1 cm³/mol. The summed E-state index contributed by atoms with van der Waals surface area (Å²) in [4.78, 5) is 0. The van der Waals surface area contributed by atoms with Crippen LogP contribution < -0.4 is 0 Å². The minimum atomic E-state index is -1.31. The van der Waals surface area contributed by atoms with Gasteiger partial charge in [0.15, 0.2) is 0 Å². The van der Waals surface area contributed by atoms with Crippen LogP contribution in [0.5, 0.6) is 0 Å². The average Bonchev–Trinajstić information content (AvgIpc) is 2.12. The molecule has 0 unspecified atom stereocenters. The molecule has 0 saturated heterocycles. The van der Waals surface area contributed by atoms with E-state index in [2.05, 4.69) is 15.9 Å². The number of rotatable bonds is 5. The molecule has 0 saturated carbocycles. The highest BCUT2D eigenvalue weighted by atomic mass is 79.9. The second kappa shape index (κ2) is 5.88. The average molecular weight is 243 g/mol. The molecule has 0 heterocycles. The minimum absolute atomic E-state index is 0.168. The van der Waals surface area contributed by atoms with Gasteiger partial charge in [0, 0.05) is 5.33 Å². The van der Waals surface area contributed by atoms with Crippen LogP contribution in [0.15, 0.2) is 0 Å². The Morgan fingerprint density at radius 3 is 1.75 bits per heavy atom. The molecule has 0 spiro atoms. The van der Waals surface area contributed by atoms with Crippen LogP contribution in [0, 0.1) is 0 Å². The first kappa shape index (κ1) is 12.3. The lowest BCUT2D eigenvalue weighted by molar-refractivity contribution is -0.0987. The van der Waals surface area contributed by atoms with Gasteiger partial charge in [-0.25, -0.2) is 0 Å². The number of hydrogen-bond donors (Lipinski definition) is 4. The Balaban J connectivity index is 3.99. The molecular formula is C7H15BrO4. The fraction of sp³-hybridized carbons (Fsp3) is 1.00. The summed E-state index contributed by atoms with van der Waals surface area (Å²) < 4.78 is 0. The van der Waals surface area contributed by atoms with Crippen LogP contribution in [-0.2, 0) is 0 Å². The fourth-order valence-electron chi connectivity index (χ4n) is 0.788. The summed E-state index contributed by atoms with van der Waals surface area (Å²) in [6.07, 6.45) is -4.30. The molecular weight excluding hydrogens is 228 g/mol. The van der Waals surface area contributed by atoms with Crippen molar-refractivity contribution >= 4 is 15.9 Å². The van der Waals surface area contributed by atoms with Crippen molar-refractivity contribution in [2.45, 2.75) is 37.8 Å². The maximum absolute atomic E-state index is 9.21. The third-order valence-corrected chi connectivity index (χ3v) is 2.38. The lowest BCUT2D eigenvalue weighted by Gasteiger charge is -2.24. The molecule has 0 radical (unpaired) electrons. The zero-order valence-electron chi connectivity index (χ0n) is 6.89. The lowest BCUT2D eigenvalue weighted by atomic mass is 10.0. The number of alkyl halides is 1. The standard InChI is InChI=1S/C7H15BrO4/c1-2-4(9)6(11)7(12)5(10)3-8/h4-7,9-12H,2-3H2,1H3/t4-,5+,6+,7-/m1/s1. The van der Waals surface area contributed by atoms with Gasteiger partial charge in [0.1, 0.15) is 12.2 Å². The zero-order valence-corrected chi connectivity index (χ0v) is 8.48. The third-order valence-electron chi connectivity index (χ3n) is 1.71. The first-order valence-electron chi connectivity index (χ1n) is 3.82. The van der Waals surface area contributed by atoms with Gasteiger partial charge in [-0.2, -0.15) is 0 Å². The van der Waals surface area contributed by atoms with Crippen molar-refractivity contribution < 1.29 is 20.4 Å². The molecule has 0 aromatic heterocycles. The first-order valence-corrected chi connectivity index (χ1v) is 4.95. The fourth-order valence-corrected chi connectivity index (χ4v) is 1.17. The van der Waals surface area contributed by atoms with Crippen LogP contribution in [0.3, 0.4) is 0 Å². The van der Waals surface area contributed by atoms with E-state index in [1.54, 1.807) is 6.92 Å². The summed E-state index contributed by atoms with van der Waals surface area (Å²) in [5.74, 6) is 0. The largest absolute Gasteiger partial charge is 0.390 e. The topological polar surface area (TPSA) is 80.9 Å². The van der Waals surface area contributed by atoms with Gasteiger partial charge in [-0.3, -0.25) is 0 Å². The van der Waals surface area contributed by atoms with E-state index in [1.165, 1.54) is 0 Å². The molecule has 0 fully saturated rings. The minimum Gasteiger partial charge on any atom is -0.390 e. The van der Waals surface area contributed by atoms with Crippen molar-refractivity contribution in [1.29, 1.82) is 0 Å². The van der Waals surface area contributed by atoms with Crippen LogP contribution >= 0.6 is 15.9 Å². The van der Waals surface area contributed by atoms with Gasteiger partial charge in [0.25, 0.3) is 0 Å². The molecule has 0 aromatic rings. The Morgan fingerprint density at radius 2 is 1.42 bits per heavy atom. The van der Waals surface area contributed by atoms with E-state index >= 15 is 0 Å². The molecule has 4 N–H and O–H groups in total. The van der Waals surface area contributed by atoms with Crippen molar-refractivity contribution in [2.75, 3.05) is 5.33 Å². The Bertz CT molecular complexity index is 108. The van der Waals surface area contributed by atoms with Gasteiger partial charge >= 0.3 is 0 Å². The van der Waals surface area contributed by atoms with Gasteiger partial charge < -0.3 is 20.4 Å². The van der Waals surface area contributed by atoms with E-state index in [1.807, 2.05) is 0 Å². The second-order valence-electron chi connectivity index (χ2n) is 2.68. The molecule has 5 heteroatoms. The van der Waals surface area contributed by atoms with E-state index in [0.29, 0.717) is 6.42 Å². The van der Waals surface area contributed by atoms with Crippen molar-refractivity contribution in [3.8, 4) is 0 Å². The number of aliphatic hydroxyl groups excluding tert-OH is 4. The smallest absolute Gasteiger partial charge is 0.109 e. The van der Waals surface area contributed by atoms with Crippen LogP contribution in [0.4, 0.5) is 0 Å². The highest BCUT2D eigenvalue weighted by Crippen LogP contribution is 2.08. The third kappa shape index (κ3) is 3.37. The van der Waals surface area contributed by atoms with Crippen molar-refractivity contribution in [2.24, 2.45) is 0 Å². The number of hydrogen-bond acceptors (Lipinski definition) is 4. The molecule has 0 rings (SSSR count). The van der Waals surface area contributed by atoms with Crippen molar-refractivity contribution in [3.63, 3.8) is 0 Å². The van der Waals surface area contributed by atoms with Gasteiger partial charge in [-0.1, -0.05) is 22.9 Å². The molecule has 4 nitrogen and oxygen atoms in total. The summed E-state index contributed by atoms with van der Waals surface area (Å²) in [5.41, 5.74) is 0. The van der Waals surface area contributed by atoms with Gasteiger partial charge in [0.05, 0.1) is 12.2 Å². The highest BCUT2D eigenvalue weighted by molar-refractivity contribution is 9.09. The van der Waals surface area contributed by atoms with E-state index in [9.17, 15) is 10.2 Å². The van der Waals surface area contributed by atoms with Gasteiger partial charge in [0.2, 0.25) is 0 Å². The summed E-state index contributed by atoms with van der Waals surface area (Å²) in [6.45, 7) is 1.68. The number of halogens is 1. The maximum atomic E-state index is 9.21. The van der Waals surface area contributed by atoms with E-state index in [0.717, 1.165) is 0 Å². The number of aliphatic hydroxyl groups is 4. The van der Waals surface area contributed by atoms with Crippen LogP contribution in [-0.4, -0.2) is 50.2 Å². The van der Waals surface area contributed by atoms with E-state index in [4.69, 9.17) is 10.2 Å². The molecule has 0 aliphatic rings. The first-order chi connectivity index (χ1) is 5.54. The summed E-state index contributed by atoms with van der Waals surface area (Å²) in [6, 6.07) is 0. The molecule has 0 aliphatic carbocycles. The van der Waals surface area contributed by atoms with E-state index in [-0.39, 0.29) is 5.33 Å². The Morgan fingerprint density at radius 1 is 1.00 bits per heavy atom. The quantitative estimate of drug-likeness (QED) is 0.478. The maximum Gasteiger partial charge on any atom is 0.109 e. The second-order valence-corrected chi connectivity index (χ2v) is 3.33. The molecule has 12 heavy (non-hydrogen) atoms. The molecule has 4 atom stereocenters. The Kier molecular flexibility index (Phi) is 6.04. The van der Waals surface area contributed by atoms with Crippen molar-refractivity contribution in [1.82, 2.24) is 0 Å². The Labute approximate surface area is 80.0 Å². The normalized spacial score (nSPS) is 21.5. The molecule has 0 bridgehead atoms.